The number of pyridine rings is 1. The number of hydrogen-bond acceptors (Lipinski definition) is 5. The molecule has 1 unspecified atom stereocenters. The van der Waals surface area contributed by atoms with Gasteiger partial charge in [0, 0.05) is 18.0 Å². The highest BCUT2D eigenvalue weighted by Gasteiger charge is 2.18. The average molecular weight is 469 g/mol. The minimum atomic E-state index is 0.574. The normalized spacial score (nSPS) is 16.6. The molecule has 0 N–H and O–H groups in total. The second kappa shape index (κ2) is 9.70. The molecular weight excluding hydrogens is 436 g/mol. The van der Waals surface area contributed by atoms with E-state index in [4.69, 9.17) is 19.6 Å². The third-order valence-electron chi connectivity index (χ3n) is 7.21. The van der Waals surface area contributed by atoms with E-state index in [1.807, 2.05) is 28.8 Å². The van der Waals surface area contributed by atoms with E-state index in [1.54, 1.807) is 0 Å². The number of fused-ring (bicyclic) bond motifs is 2. The number of ether oxygens (including phenoxy) is 2. The first-order valence-corrected chi connectivity index (χ1v) is 12.8. The predicted molar refractivity (Wildman–Crippen MR) is 137 cm³/mol. The number of benzene rings is 2. The van der Waals surface area contributed by atoms with Gasteiger partial charge >= 0.3 is 0 Å². The lowest BCUT2D eigenvalue weighted by molar-refractivity contribution is 0.171. The van der Waals surface area contributed by atoms with Crippen molar-refractivity contribution in [2.24, 2.45) is 0 Å². The topological polar surface area (TPSA) is 51.9 Å². The first kappa shape index (κ1) is 22.1. The van der Waals surface area contributed by atoms with E-state index in [2.05, 4.69) is 48.2 Å². The summed E-state index contributed by atoms with van der Waals surface area (Å²) in [5.41, 5.74) is 5.53. The summed E-state index contributed by atoms with van der Waals surface area (Å²) >= 11 is 0. The van der Waals surface area contributed by atoms with Crippen molar-refractivity contribution < 1.29 is 9.47 Å². The molecule has 35 heavy (non-hydrogen) atoms. The van der Waals surface area contributed by atoms with Crippen molar-refractivity contribution in [2.45, 2.75) is 45.1 Å². The lowest BCUT2D eigenvalue weighted by atomic mass is 10.0. The lowest BCUT2D eigenvalue weighted by Crippen LogP contribution is -2.30. The van der Waals surface area contributed by atoms with Gasteiger partial charge in [0.05, 0.1) is 5.69 Å². The van der Waals surface area contributed by atoms with Crippen LogP contribution in [0.5, 0.6) is 11.5 Å². The van der Waals surface area contributed by atoms with Gasteiger partial charge in [0.25, 0.3) is 0 Å². The van der Waals surface area contributed by atoms with Crippen LogP contribution in [0, 0.1) is 0 Å². The summed E-state index contributed by atoms with van der Waals surface area (Å²) in [7, 11) is 0. The zero-order valence-corrected chi connectivity index (χ0v) is 20.3. The minimum Gasteiger partial charge on any atom is -0.486 e. The molecule has 180 valence electrons. The standard InChI is InChI=1S/C29H32N4O2/c1-21(32-14-2-3-15-32)10-11-22-6-4-7-23(18-22)19-28-30-29-9-5-8-25(33(29)31-28)24-12-13-26-27(20-24)35-17-16-34-26/h4-9,12-13,18,20-21H,2-3,10-11,14-17,19H2,1H3. The monoisotopic (exact) mass is 468 g/mol. The quantitative estimate of drug-likeness (QED) is 0.374. The Hall–Kier alpha value is -3.38. The number of hydrogen-bond donors (Lipinski definition) is 0. The Bertz CT molecular complexity index is 1330. The second-order valence-electron chi connectivity index (χ2n) is 9.69. The molecule has 2 aliphatic rings. The van der Waals surface area contributed by atoms with Gasteiger partial charge in [-0.3, -0.25) is 0 Å². The molecule has 4 heterocycles. The number of likely N-dealkylation sites (tertiary alicyclic amines) is 1. The SMILES string of the molecule is CC(CCc1cccc(Cc2nc3cccc(-c4ccc5c(c4)OCCO5)n3n2)c1)N1CCCC1. The molecule has 0 bridgehead atoms. The zero-order chi connectivity index (χ0) is 23.6. The van der Waals surface area contributed by atoms with Gasteiger partial charge in [0.2, 0.25) is 0 Å². The van der Waals surface area contributed by atoms with Crippen molar-refractivity contribution in [3.63, 3.8) is 0 Å². The fraction of sp³-hybridized carbons (Fsp3) is 0.379. The molecule has 6 rings (SSSR count). The molecule has 4 aromatic rings. The van der Waals surface area contributed by atoms with Crippen LogP contribution in [0.1, 0.15) is 43.1 Å². The highest BCUT2D eigenvalue weighted by Crippen LogP contribution is 2.34. The molecular formula is C29H32N4O2. The Morgan fingerprint density at radius 1 is 0.886 bits per heavy atom. The molecule has 6 nitrogen and oxygen atoms in total. The van der Waals surface area contributed by atoms with Gasteiger partial charge < -0.3 is 14.4 Å². The largest absolute Gasteiger partial charge is 0.486 e. The Balaban J connectivity index is 1.20. The van der Waals surface area contributed by atoms with Gasteiger partial charge in [-0.1, -0.05) is 30.3 Å². The summed E-state index contributed by atoms with van der Waals surface area (Å²) in [6.45, 7) is 6.05. The van der Waals surface area contributed by atoms with Crippen LogP contribution in [0.15, 0.2) is 60.7 Å². The second-order valence-corrected chi connectivity index (χ2v) is 9.69. The molecule has 0 amide bonds. The van der Waals surface area contributed by atoms with E-state index < -0.39 is 0 Å². The van der Waals surface area contributed by atoms with Crippen molar-refractivity contribution in [1.82, 2.24) is 19.5 Å². The fourth-order valence-corrected chi connectivity index (χ4v) is 5.26. The summed E-state index contributed by atoms with van der Waals surface area (Å²) in [6, 6.07) is 21.7. The molecule has 0 radical (unpaired) electrons. The minimum absolute atomic E-state index is 0.574. The molecule has 1 fully saturated rings. The van der Waals surface area contributed by atoms with Gasteiger partial charge in [0.15, 0.2) is 23.0 Å². The Morgan fingerprint density at radius 3 is 2.57 bits per heavy atom. The van der Waals surface area contributed by atoms with Crippen LogP contribution in [0.4, 0.5) is 0 Å². The van der Waals surface area contributed by atoms with Crippen LogP contribution in [0.2, 0.25) is 0 Å². The third kappa shape index (κ3) is 4.76. The van der Waals surface area contributed by atoms with Gasteiger partial charge in [-0.2, -0.15) is 5.10 Å². The van der Waals surface area contributed by atoms with Crippen LogP contribution in [0.3, 0.4) is 0 Å². The third-order valence-corrected chi connectivity index (χ3v) is 7.21. The Labute approximate surface area is 206 Å². The van der Waals surface area contributed by atoms with E-state index >= 15 is 0 Å². The maximum atomic E-state index is 5.78. The van der Waals surface area contributed by atoms with Gasteiger partial charge in [-0.05, 0) is 87.2 Å². The molecule has 0 aliphatic carbocycles. The molecule has 6 heteroatoms. The average Bonchev–Trinajstić information content (AvgIpc) is 3.57. The molecule has 1 saturated heterocycles. The fourth-order valence-electron chi connectivity index (χ4n) is 5.26. The van der Waals surface area contributed by atoms with Gasteiger partial charge in [-0.15, -0.1) is 0 Å². The molecule has 1 atom stereocenters. The number of rotatable bonds is 7. The van der Waals surface area contributed by atoms with Crippen molar-refractivity contribution in [2.75, 3.05) is 26.3 Å². The highest BCUT2D eigenvalue weighted by molar-refractivity contribution is 5.66. The molecule has 2 aliphatic heterocycles. The molecule has 2 aromatic heterocycles. The van der Waals surface area contributed by atoms with E-state index in [-0.39, 0.29) is 0 Å². The Kier molecular flexibility index (Phi) is 6.13. The van der Waals surface area contributed by atoms with Crippen LogP contribution >= 0.6 is 0 Å². The number of aryl methyl sites for hydroxylation is 1. The van der Waals surface area contributed by atoms with Crippen molar-refractivity contribution >= 4 is 5.65 Å². The number of aromatic nitrogens is 3. The predicted octanol–water partition coefficient (Wildman–Crippen LogP) is 5.18. The molecule has 0 spiro atoms. The van der Waals surface area contributed by atoms with Crippen LogP contribution in [-0.4, -0.2) is 51.8 Å². The Morgan fingerprint density at radius 2 is 1.69 bits per heavy atom. The summed E-state index contributed by atoms with van der Waals surface area (Å²) in [5.74, 6) is 2.40. The van der Waals surface area contributed by atoms with Crippen LogP contribution < -0.4 is 9.47 Å². The molecule has 0 saturated carbocycles. The maximum absolute atomic E-state index is 5.78. The van der Waals surface area contributed by atoms with Crippen molar-refractivity contribution in [3.05, 3.63) is 77.6 Å². The molecule has 2 aromatic carbocycles. The van der Waals surface area contributed by atoms with Crippen LogP contribution in [0.25, 0.3) is 16.9 Å². The van der Waals surface area contributed by atoms with Gasteiger partial charge in [-0.25, -0.2) is 9.50 Å². The van der Waals surface area contributed by atoms with E-state index in [0.717, 1.165) is 47.1 Å². The first-order valence-electron chi connectivity index (χ1n) is 12.8. The smallest absolute Gasteiger partial charge is 0.162 e. The summed E-state index contributed by atoms with van der Waals surface area (Å²) in [6.07, 6.45) is 5.73. The van der Waals surface area contributed by atoms with E-state index in [1.165, 1.54) is 43.5 Å². The number of nitrogens with zero attached hydrogens (tertiary/aromatic N) is 4. The maximum Gasteiger partial charge on any atom is 0.162 e. The highest BCUT2D eigenvalue weighted by atomic mass is 16.6. The van der Waals surface area contributed by atoms with Gasteiger partial charge in [0.1, 0.15) is 13.2 Å². The van der Waals surface area contributed by atoms with Crippen molar-refractivity contribution in [3.8, 4) is 22.8 Å². The first-order chi connectivity index (χ1) is 17.2. The van der Waals surface area contributed by atoms with Crippen molar-refractivity contribution in [1.29, 1.82) is 0 Å². The van der Waals surface area contributed by atoms with Crippen LogP contribution in [-0.2, 0) is 12.8 Å². The lowest BCUT2D eigenvalue weighted by Gasteiger charge is -2.23. The summed E-state index contributed by atoms with van der Waals surface area (Å²) in [5, 5.41) is 4.88. The van der Waals surface area contributed by atoms with E-state index in [9.17, 15) is 0 Å². The zero-order valence-electron chi connectivity index (χ0n) is 20.3. The van der Waals surface area contributed by atoms with E-state index in [0.29, 0.717) is 19.3 Å². The summed E-state index contributed by atoms with van der Waals surface area (Å²) < 4.78 is 13.4. The summed E-state index contributed by atoms with van der Waals surface area (Å²) in [4.78, 5) is 7.46.